The van der Waals surface area contributed by atoms with E-state index in [1.54, 1.807) is 0 Å². The first-order valence-electron chi connectivity index (χ1n) is 28.7. The summed E-state index contributed by atoms with van der Waals surface area (Å²) in [6.07, 6.45) is 4.43. The minimum absolute atomic E-state index is 1.19. The molecule has 0 heteroatoms. The summed E-state index contributed by atoms with van der Waals surface area (Å²) in [5.74, 6) is 0. The van der Waals surface area contributed by atoms with Gasteiger partial charge in [-0.2, -0.15) is 0 Å². The maximum absolute atomic E-state index is 2.52. The van der Waals surface area contributed by atoms with E-state index in [0.29, 0.717) is 0 Å². The molecule has 0 fully saturated rings. The van der Waals surface area contributed by atoms with Gasteiger partial charge in [-0.25, -0.2) is 0 Å². The monoisotopic (exact) mass is 1040 g/mol. The van der Waals surface area contributed by atoms with Crippen LogP contribution < -0.4 is 10.4 Å². The molecule has 16 aromatic rings. The molecule has 82 heavy (non-hydrogen) atoms. The maximum Gasteiger partial charge on any atom is -0.00259 e. The predicted octanol–water partition coefficient (Wildman–Crippen LogP) is 21.7. The lowest BCUT2D eigenvalue weighted by molar-refractivity contribution is 1.49. The zero-order valence-corrected chi connectivity index (χ0v) is 45.7. The van der Waals surface area contributed by atoms with Gasteiger partial charge in [-0.15, -0.1) is 0 Å². The standard InChI is InChI=1S/C82H54/c1-3-51-33-37-59(45-52(51)4-2)77-65-25-11-15-29-69(65)79(70-30-16-12-26-66(70)77)63-41-43-73-75(49-63)81(61-39-35-54-20-6-9-23-57(54)47-61)74-44-42-64(50-76(74)82(73)62-40-36-55-21-7-10-24-58(55)48-62)80-71-31-17-13-27-67(71)78(68-28-14-18-32-72(68)80)60-38-34-53-19-5-8-22-56(53)46-60/h3-50H,1-2H3/b51-3-,52-4-. The van der Waals surface area contributed by atoms with Gasteiger partial charge in [-0.3, -0.25) is 0 Å². The Hall–Kier alpha value is -10.4. The van der Waals surface area contributed by atoms with Crippen molar-refractivity contribution in [2.45, 2.75) is 13.8 Å². The van der Waals surface area contributed by atoms with Crippen molar-refractivity contribution in [1.29, 1.82) is 0 Å². The Kier molecular flexibility index (Phi) is 11.1. The van der Waals surface area contributed by atoms with Crippen LogP contribution in [0, 0.1) is 0 Å². The highest BCUT2D eigenvalue weighted by molar-refractivity contribution is 6.27. The van der Waals surface area contributed by atoms with Crippen molar-refractivity contribution < 1.29 is 0 Å². The van der Waals surface area contributed by atoms with Crippen molar-refractivity contribution in [3.63, 3.8) is 0 Å². The van der Waals surface area contributed by atoms with Gasteiger partial charge in [0.05, 0.1) is 0 Å². The van der Waals surface area contributed by atoms with Crippen LogP contribution in [0.2, 0.25) is 0 Å². The summed E-state index contributed by atoms with van der Waals surface area (Å²) < 4.78 is 0. The Balaban J connectivity index is 1.02. The Morgan fingerprint density at radius 2 is 0.402 bits per heavy atom. The topological polar surface area (TPSA) is 0 Å². The lowest BCUT2D eigenvalue weighted by Crippen LogP contribution is -2.23. The number of fused-ring (bicyclic) bond motifs is 9. The SMILES string of the molecule is C/C=c1/ccc(-c2c3ccccc3c(-c3ccc4c(-c5ccc6ccccc6c5)c5cc(-c6c7ccccc7c(-c7ccc8ccccc8c7)c7ccccc67)ccc5c(-c5ccc6ccccc6c5)c4c3)c3ccccc23)c/c1=C/C. The van der Waals surface area contributed by atoms with Crippen LogP contribution in [-0.4, -0.2) is 0 Å². The lowest BCUT2D eigenvalue weighted by atomic mass is 9.81. The van der Waals surface area contributed by atoms with Gasteiger partial charge in [0.25, 0.3) is 0 Å². The molecule has 0 heterocycles. The number of hydrogen-bond acceptors (Lipinski definition) is 0. The van der Waals surface area contributed by atoms with Crippen LogP contribution in [0.3, 0.4) is 0 Å². The van der Waals surface area contributed by atoms with Gasteiger partial charge in [0, 0.05) is 0 Å². The molecule has 0 spiro atoms. The summed E-state index contributed by atoms with van der Waals surface area (Å²) in [5.41, 5.74) is 14.7. The van der Waals surface area contributed by atoms with E-state index >= 15 is 0 Å². The molecule has 382 valence electrons. The van der Waals surface area contributed by atoms with Gasteiger partial charge in [0.15, 0.2) is 0 Å². The molecule has 16 rings (SSSR count). The Bertz CT molecular complexity index is 5370. The van der Waals surface area contributed by atoms with Crippen LogP contribution in [0.25, 0.3) is 176 Å². The first kappa shape index (κ1) is 47.6. The van der Waals surface area contributed by atoms with Crippen molar-refractivity contribution in [2.24, 2.45) is 0 Å². The normalized spacial score (nSPS) is 12.4. The summed E-state index contributed by atoms with van der Waals surface area (Å²) in [7, 11) is 0. The Morgan fingerprint density at radius 3 is 0.720 bits per heavy atom. The fraction of sp³-hybridized carbons (Fsp3) is 0.0244. The number of benzene rings is 16. The molecule has 0 amide bonds. The van der Waals surface area contributed by atoms with E-state index in [2.05, 4.69) is 305 Å². The molecule has 0 nitrogen and oxygen atoms in total. The second-order valence-electron chi connectivity index (χ2n) is 22.1. The molecular formula is C82H54. The summed E-state index contributed by atoms with van der Waals surface area (Å²) in [6.45, 7) is 4.26. The van der Waals surface area contributed by atoms with E-state index in [1.807, 2.05) is 0 Å². The lowest BCUT2D eigenvalue weighted by Gasteiger charge is -2.22. The minimum atomic E-state index is 1.19. The molecule has 0 saturated heterocycles. The Morgan fingerprint density at radius 1 is 0.171 bits per heavy atom. The van der Waals surface area contributed by atoms with E-state index in [-0.39, 0.29) is 0 Å². The summed E-state index contributed by atoms with van der Waals surface area (Å²) >= 11 is 0. The third kappa shape index (κ3) is 7.53. The van der Waals surface area contributed by atoms with Crippen LogP contribution >= 0.6 is 0 Å². The molecule has 0 aliphatic carbocycles. The van der Waals surface area contributed by atoms with Crippen LogP contribution in [-0.2, 0) is 0 Å². The molecule has 0 bridgehead atoms. The number of rotatable bonds is 6. The molecule has 16 aromatic carbocycles. The molecule has 0 saturated carbocycles. The van der Waals surface area contributed by atoms with Gasteiger partial charge in [-0.1, -0.05) is 255 Å². The van der Waals surface area contributed by atoms with E-state index in [1.165, 1.54) is 174 Å². The van der Waals surface area contributed by atoms with Crippen LogP contribution in [0.1, 0.15) is 13.8 Å². The molecule has 0 atom stereocenters. The van der Waals surface area contributed by atoms with Crippen molar-refractivity contribution in [1.82, 2.24) is 0 Å². The second-order valence-corrected chi connectivity index (χ2v) is 22.1. The van der Waals surface area contributed by atoms with Crippen LogP contribution in [0.5, 0.6) is 0 Å². The van der Waals surface area contributed by atoms with Gasteiger partial charge >= 0.3 is 0 Å². The quantitative estimate of drug-likeness (QED) is 0.146. The van der Waals surface area contributed by atoms with Crippen LogP contribution in [0.4, 0.5) is 0 Å². The molecule has 0 aliphatic rings. The van der Waals surface area contributed by atoms with E-state index < -0.39 is 0 Å². The third-order valence-corrected chi connectivity index (χ3v) is 17.7. The zero-order valence-electron chi connectivity index (χ0n) is 45.7. The average molecular weight is 1040 g/mol. The van der Waals surface area contributed by atoms with Gasteiger partial charge in [0.1, 0.15) is 0 Å². The van der Waals surface area contributed by atoms with E-state index in [4.69, 9.17) is 0 Å². The van der Waals surface area contributed by atoms with Gasteiger partial charge in [-0.05, 0) is 224 Å². The molecule has 0 aromatic heterocycles. The molecule has 0 aliphatic heterocycles. The third-order valence-electron chi connectivity index (χ3n) is 17.7. The first-order valence-corrected chi connectivity index (χ1v) is 28.7. The first-order chi connectivity index (χ1) is 40.6. The maximum atomic E-state index is 2.52. The van der Waals surface area contributed by atoms with Gasteiger partial charge < -0.3 is 0 Å². The zero-order chi connectivity index (χ0) is 54.4. The largest absolute Gasteiger partial charge is 0.0798 e. The predicted molar refractivity (Wildman–Crippen MR) is 356 cm³/mol. The molecule has 0 N–H and O–H groups in total. The van der Waals surface area contributed by atoms with Crippen LogP contribution in [0.15, 0.2) is 279 Å². The average Bonchev–Trinajstić information content (AvgIpc) is 3.30. The highest BCUT2D eigenvalue weighted by atomic mass is 14.3. The van der Waals surface area contributed by atoms with Crippen molar-refractivity contribution in [3.05, 3.63) is 289 Å². The summed E-state index contributed by atoms with van der Waals surface area (Å²) in [4.78, 5) is 0. The number of hydrogen-bond donors (Lipinski definition) is 0. The van der Waals surface area contributed by atoms with Crippen molar-refractivity contribution >= 4 is 109 Å². The second kappa shape index (κ2) is 19.2. The Labute approximate surface area is 476 Å². The van der Waals surface area contributed by atoms with E-state index in [0.717, 1.165) is 0 Å². The highest BCUT2D eigenvalue weighted by Gasteiger charge is 2.24. The smallest absolute Gasteiger partial charge is 0.00259 e. The van der Waals surface area contributed by atoms with Gasteiger partial charge in [0.2, 0.25) is 0 Å². The van der Waals surface area contributed by atoms with E-state index in [9.17, 15) is 0 Å². The molecule has 0 unspecified atom stereocenters. The highest BCUT2D eigenvalue weighted by Crippen LogP contribution is 2.51. The van der Waals surface area contributed by atoms with Crippen molar-refractivity contribution in [2.75, 3.05) is 0 Å². The summed E-state index contributed by atoms with van der Waals surface area (Å²) in [6, 6.07) is 105. The molecular weight excluding hydrogens is 985 g/mol. The summed E-state index contributed by atoms with van der Waals surface area (Å²) in [5, 5.41) is 24.7. The fourth-order valence-corrected chi connectivity index (χ4v) is 13.9. The van der Waals surface area contributed by atoms with Crippen molar-refractivity contribution in [3.8, 4) is 66.8 Å². The minimum Gasteiger partial charge on any atom is -0.0798 e. The fourth-order valence-electron chi connectivity index (χ4n) is 13.9. The molecule has 0 radical (unpaired) electrons.